The van der Waals surface area contributed by atoms with Crippen molar-refractivity contribution in [1.29, 1.82) is 0 Å². The molecule has 0 unspecified atom stereocenters. The van der Waals surface area contributed by atoms with Crippen LogP contribution >= 0.6 is 23.2 Å². The van der Waals surface area contributed by atoms with E-state index in [0.717, 1.165) is 6.54 Å². The van der Waals surface area contributed by atoms with Crippen molar-refractivity contribution in [2.75, 3.05) is 11.9 Å². The summed E-state index contributed by atoms with van der Waals surface area (Å²) in [7, 11) is 0. The molecule has 0 radical (unpaired) electrons. The summed E-state index contributed by atoms with van der Waals surface area (Å²) in [5, 5.41) is 0.194. The second-order valence-corrected chi connectivity index (χ2v) is 5.59. The summed E-state index contributed by atoms with van der Waals surface area (Å²) in [6.07, 6.45) is 16.9. The molecule has 0 rings (SSSR count). The topological polar surface area (TPSA) is 26.0 Å². The first kappa shape index (κ1) is 20.8. The molecule has 0 atom stereocenters. The Morgan fingerprint density at radius 3 is 1.17 bits per heavy atom. The summed E-state index contributed by atoms with van der Waals surface area (Å²) in [4.78, 5) is 0. The monoisotopic (exact) mass is 297 g/mol. The van der Waals surface area contributed by atoms with Gasteiger partial charge in [-0.25, -0.2) is 0 Å². The fourth-order valence-electron chi connectivity index (χ4n) is 1.99. The van der Waals surface area contributed by atoms with E-state index in [1.807, 2.05) is 0 Å². The van der Waals surface area contributed by atoms with E-state index < -0.39 is 0 Å². The van der Waals surface area contributed by atoms with Crippen molar-refractivity contribution >= 4 is 23.2 Å². The Hall–Kier alpha value is 0.540. The Labute approximate surface area is 125 Å². The summed E-state index contributed by atoms with van der Waals surface area (Å²) in [5.74, 6) is 0. The SMILES string of the molecule is CCCCCCCCCCCCCCN.ClCCl. The third-order valence-electron chi connectivity index (χ3n) is 3.06. The van der Waals surface area contributed by atoms with Crippen molar-refractivity contribution in [1.82, 2.24) is 0 Å². The largest absolute Gasteiger partial charge is 0.330 e. The van der Waals surface area contributed by atoms with Gasteiger partial charge in [0.15, 0.2) is 0 Å². The van der Waals surface area contributed by atoms with Crippen LogP contribution in [0.5, 0.6) is 0 Å². The summed E-state index contributed by atoms with van der Waals surface area (Å²) < 4.78 is 0. The second-order valence-electron chi connectivity index (χ2n) is 4.78. The molecule has 18 heavy (non-hydrogen) atoms. The number of hydrogen-bond acceptors (Lipinski definition) is 1. The highest BCUT2D eigenvalue weighted by molar-refractivity contribution is 6.40. The fraction of sp³-hybridized carbons (Fsp3) is 1.00. The van der Waals surface area contributed by atoms with Gasteiger partial charge in [-0.15, -0.1) is 23.2 Å². The Kier molecular flexibility index (Phi) is 26.3. The van der Waals surface area contributed by atoms with Gasteiger partial charge in [0.2, 0.25) is 0 Å². The lowest BCUT2D eigenvalue weighted by molar-refractivity contribution is 0.545. The minimum atomic E-state index is 0.194. The quantitative estimate of drug-likeness (QED) is 0.343. The maximum atomic E-state index is 5.45. The van der Waals surface area contributed by atoms with E-state index in [9.17, 15) is 0 Å². The summed E-state index contributed by atoms with van der Waals surface area (Å²) in [6, 6.07) is 0. The van der Waals surface area contributed by atoms with Crippen LogP contribution in [-0.4, -0.2) is 11.9 Å². The van der Waals surface area contributed by atoms with E-state index in [-0.39, 0.29) is 5.34 Å². The van der Waals surface area contributed by atoms with Crippen LogP contribution in [0, 0.1) is 0 Å². The average molecular weight is 298 g/mol. The van der Waals surface area contributed by atoms with E-state index in [4.69, 9.17) is 28.9 Å². The first-order valence-corrected chi connectivity index (χ1v) is 8.72. The molecule has 3 heteroatoms. The molecule has 0 aromatic heterocycles. The molecule has 1 nitrogen and oxygen atoms in total. The number of alkyl halides is 2. The third kappa shape index (κ3) is 25.4. The molecule has 0 bridgehead atoms. The lowest BCUT2D eigenvalue weighted by Gasteiger charge is -2.01. The molecule has 0 heterocycles. The van der Waals surface area contributed by atoms with Crippen molar-refractivity contribution in [3.63, 3.8) is 0 Å². The van der Waals surface area contributed by atoms with Gasteiger partial charge in [-0.05, 0) is 13.0 Å². The summed E-state index contributed by atoms with van der Waals surface area (Å²) in [5.41, 5.74) is 5.45. The molecular formula is C15H33Cl2N. The van der Waals surface area contributed by atoms with Crippen LogP contribution in [0.4, 0.5) is 0 Å². The number of halogens is 2. The van der Waals surface area contributed by atoms with Gasteiger partial charge in [0.1, 0.15) is 0 Å². The zero-order chi connectivity index (χ0) is 13.9. The smallest absolute Gasteiger partial charge is 0.0967 e. The lowest BCUT2D eigenvalue weighted by atomic mass is 10.1. The van der Waals surface area contributed by atoms with E-state index in [1.165, 1.54) is 77.0 Å². The minimum Gasteiger partial charge on any atom is -0.330 e. The highest BCUT2D eigenvalue weighted by Gasteiger charge is 1.92. The predicted molar refractivity (Wildman–Crippen MR) is 86.7 cm³/mol. The maximum Gasteiger partial charge on any atom is 0.0967 e. The zero-order valence-corrected chi connectivity index (χ0v) is 13.7. The molecule has 112 valence electrons. The highest BCUT2D eigenvalue weighted by atomic mass is 35.5. The summed E-state index contributed by atoms with van der Waals surface area (Å²) >= 11 is 9.53. The number of hydrogen-bond donors (Lipinski definition) is 1. The first-order valence-electron chi connectivity index (χ1n) is 7.65. The normalized spacial score (nSPS) is 10.0. The number of nitrogens with two attached hydrogens (primary N) is 1. The van der Waals surface area contributed by atoms with Crippen molar-refractivity contribution in [3.8, 4) is 0 Å². The van der Waals surface area contributed by atoms with Crippen molar-refractivity contribution in [3.05, 3.63) is 0 Å². The number of rotatable bonds is 12. The van der Waals surface area contributed by atoms with Crippen LogP contribution in [-0.2, 0) is 0 Å². The summed E-state index contributed by atoms with van der Waals surface area (Å²) in [6.45, 7) is 3.15. The van der Waals surface area contributed by atoms with Crippen molar-refractivity contribution in [2.45, 2.75) is 84.0 Å². The molecular weight excluding hydrogens is 265 g/mol. The Bertz CT molecular complexity index is 109. The molecule has 0 aliphatic heterocycles. The Morgan fingerprint density at radius 1 is 0.611 bits per heavy atom. The van der Waals surface area contributed by atoms with E-state index >= 15 is 0 Å². The van der Waals surface area contributed by atoms with Gasteiger partial charge in [0.25, 0.3) is 0 Å². The average Bonchev–Trinajstić information content (AvgIpc) is 2.37. The van der Waals surface area contributed by atoms with E-state index in [1.54, 1.807) is 0 Å². The Morgan fingerprint density at radius 2 is 0.889 bits per heavy atom. The first-order chi connectivity index (χ1) is 8.83. The lowest BCUT2D eigenvalue weighted by Crippen LogP contribution is -1.97. The minimum absolute atomic E-state index is 0.194. The molecule has 0 aliphatic carbocycles. The maximum absolute atomic E-state index is 5.45. The van der Waals surface area contributed by atoms with Gasteiger partial charge >= 0.3 is 0 Å². The zero-order valence-electron chi connectivity index (χ0n) is 12.2. The van der Waals surface area contributed by atoms with Crippen LogP contribution in [0.15, 0.2) is 0 Å². The van der Waals surface area contributed by atoms with Crippen LogP contribution in [0.25, 0.3) is 0 Å². The van der Waals surface area contributed by atoms with Gasteiger partial charge in [-0.3, -0.25) is 0 Å². The van der Waals surface area contributed by atoms with Crippen LogP contribution in [0.3, 0.4) is 0 Å². The van der Waals surface area contributed by atoms with Gasteiger partial charge in [-0.2, -0.15) is 0 Å². The molecule has 0 saturated carbocycles. The third-order valence-corrected chi connectivity index (χ3v) is 3.06. The molecule has 0 aromatic rings. The van der Waals surface area contributed by atoms with Crippen molar-refractivity contribution < 1.29 is 0 Å². The van der Waals surface area contributed by atoms with Crippen molar-refractivity contribution in [2.24, 2.45) is 5.73 Å². The Balaban J connectivity index is 0. The molecule has 0 fully saturated rings. The van der Waals surface area contributed by atoms with E-state index in [0.29, 0.717) is 0 Å². The van der Waals surface area contributed by atoms with Crippen LogP contribution < -0.4 is 5.73 Å². The molecule has 2 N–H and O–H groups in total. The van der Waals surface area contributed by atoms with Crippen LogP contribution in [0.1, 0.15) is 84.0 Å². The van der Waals surface area contributed by atoms with E-state index in [2.05, 4.69) is 6.92 Å². The number of unbranched alkanes of at least 4 members (excludes halogenated alkanes) is 11. The molecule has 0 saturated heterocycles. The second kappa shape index (κ2) is 22.7. The highest BCUT2D eigenvalue weighted by Crippen LogP contribution is 2.11. The molecule has 0 spiro atoms. The standard InChI is InChI=1S/C14H31N.CH2Cl2/c1-2-3-4-5-6-7-8-9-10-11-12-13-14-15;2-1-3/h2-15H2,1H3;1H2. The molecule has 0 aromatic carbocycles. The fourth-order valence-corrected chi connectivity index (χ4v) is 1.99. The van der Waals surface area contributed by atoms with Gasteiger partial charge in [-0.1, -0.05) is 77.6 Å². The van der Waals surface area contributed by atoms with Gasteiger partial charge in [0.05, 0.1) is 5.34 Å². The van der Waals surface area contributed by atoms with Gasteiger partial charge < -0.3 is 5.73 Å². The predicted octanol–water partition coefficient (Wildman–Crippen LogP) is 6.07. The molecule has 0 amide bonds. The van der Waals surface area contributed by atoms with Crippen LogP contribution in [0.2, 0.25) is 0 Å². The van der Waals surface area contributed by atoms with Gasteiger partial charge in [0, 0.05) is 0 Å². The molecule has 0 aliphatic rings.